The van der Waals surface area contributed by atoms with E-state index in [1.54, 1.807) is 6.20 Å². The second kappa shape index (κ2) is 8.27. The maximum atomic E-state index is 5.67. The smallest absolute Gasteiger partial charge is 0.169 e. The van der Waals surface area contributed by atoms with E-state index in [9.17, 15) is 0 Å². The number of H-pyrrole nitrogens is 1. The number of rotatable bonds is 6. The van der Waals surface area contributed by atoms with E-state index < -0.39 is 0 Å². The highest BCUT2D eigenvalue weighted by atomic mass is 16.5. The lowest BCUT2D eigenvalue weighted by molar-refractivity contribution is 0.0985. The van der Waals surface area contributed by atoms with Crippen LogP contribution < -0.4 is 9.80 Å². The van der Waals surface area contributed by atoms with E-state index in [0.29, 0.717) is 13.2 Å². The van der Waals surface area contributed by atoms with E-state index in [0.717, 1.165) is 59.4 Å². The first-order chi connectivity index (χ1) is 15.6. The Balaban J connectivity index is 1.84. The molecular weight excluding hydrogens is 406 g/mol. The number of nitrogens with one attached hydrogen (secondary N) is 1. The van der Waals surface area contributed by atoms with Gasteiger partial charge < -0.3 is 14.5 Å². The molecule has 1 aliphatic rings. The fourth-order valence-corrected chi connectivity index (χ4v) is 4.42. The van der Waals surface area contributed by atoms with Gasteiger partial charge in [0.05, 0.1) is 36.5 Å². The molecule has 168 valence electrons. The number of aryl methyl sites for hydroxylation is 1. The molecule has 0 radical (unpaired) electrons. The van der Waals surface area contributed by atoms with Gasteiger partial charge in [-0.3, -0.25) is 9.78 Å². The molecule has 0 bridgehead atoms. The third-order valence-electron chi connectivity index (χ3n) is 6.14. The summed E-state index contributed by atoms with van der Waals surface area (Å²) in [4.78, 5) is 9.71. The van der Waals surface area contributed by atoms with E-state index in [-0.39, 0.29) is 6.04 Å². The minimum atomic E-state index is 0.235. The van der Waals surface area contributed by atoms with Gasteiger partial charge in [0.25, 0.3) is 0 Å². The monoisotopic (exact) mass is 435 g/mol. The predicted octanol–water partition coefficient (Wildman–Crippen LogP) is 2.62. The quantitative estimate of drug-likeness (QED) is 0.498. The molecule has 1 saturated heterocycles. The average molecular weight is 436 g/mol. The van der Waals surface area contributed by atoms with Gasteiger partial charge in [0, 0.05) is 44.5 Å². The number of hydrogen-bond donors (Lipinski definition) is 1. The van der Waals surface area contributed by atoms with Crippen molar-refractivity contribution < 1.29 is 4.74 Å². The van der Waals surface area contributed by atoms with E-state index in [1.807, 2.05) is 34.7 Å². The summed E-state index contributed by atoms with van der Waals surface area (Å²) in [6, 6.07) is 6.36. The number of morpholine rings is 1. The molecule has 1 fully saturated rings. The Bertz CT molecular complexity index is 1210. The zero-order valence-electron chi connectivity index (χ0n) is 19.0. The zero-order chi connectivity index (χ0) is 22.2. The molecule has 0 amide bonds. The van der Waals surface area contributed by atoms with E-state index in [4.69, 9.17) is 14.8 Å². The number of anilines is 2. The standard InChI is InChI=1S/C22H29N9O/c1-5-29(6-2)22-20-16(17-7-10-24-28(17)4)13-19(30-11-12-32-14-15(30)3)25-21(20)31(27-22)18-8-9-23-26-18/h7-10,13,15H,5-6,11-12,14H2,1-4H3,(H,23,26). The highest BCUT2D eigenvalue weighted by Crippen LogP contribution is 2.38. The van der Waals surface area contributed by atoms with Gasteiger partial charge in [-0.25, -0.2) is 4.98 Å². The number of aromatic nitrogens is 7. The molecule has 4 aromatic rings. The Hall–Kier alpha value is -3.40. The van der Waals surface area contributed by atoms with Crippen LogP contribution in [0.15, 0.2) is 30.6 Å². The van der Waals surface area contributed by atoms with Crippen LogP contribution in [0, 0.1) is 0 Å². The van der Waals surface area contributed by atoms with Crippen molar-refractivity contribution in [3.8, 4) is 17.1 Å². The molecule has 5 rings (SSSR count). The third-order valence-corrected chi connectivity index (χ3v) is 6.14. The van der Waals surface area contributed by atoms with Crippen LogP contribution in [-0.2, 0) is 11.8 Å². The SMILES string of the molecule is CCN(CC)c1nn(-c2ccn[nH]2)c2nc(N3CCOCC3C)cc(-c3ccnn3C)c12. The summed E-state index contributed by atoms with van der Waals surface area (Å²) in [6.45, 7) is 10.3. The number of nitrogens with zero attached hydrogens (tertiary/aromatic N) is 8. The fraction of sp³-hybridized carbons (Fsp3) is 0.455. The maximum Gasteiger partial charge on any atom is 0.169 e. The van der Waals surface area contributed by atoms with Crippen molar-refractivity contribution in [2.75, 3.05) is 42.6 Å². The van der Waals surface area contributed by atoms with Crippen molar-refractivity contribution >= 4 is 22.7 Å². The first-order valence-corrected chi connectivity index (χ1v) is 11.1. The number of hydrogen-bond acceptors (Lipinski definition) is 7. The summed E-state index contributed by atoms with van der Waals surface area (Å²) in [5, 5.41) is 17.7. The topological polar surface area (TPSA) is 92.9 Å². The molecule has 1 aliphatic heterocycles. The molecule has 10 nitrogen and oxygen atoms in total. The van der Waals surface area contributed by atoms with Crippen molar-refractivity contribution in [2.45, 2.75) is 26.8 Å². The maximum absolute atomic E-state index is 5.67. The molecule has 1 unspecified atom stereocenters. The van der Waals surface area contributed by atoms with Gasteiger partial charge in [0.2, 0.25) is 0 Å². The van der Waals surface area contributed by atoms with Gasteiger partial charge >= 0.3 is 0 Å². The van der Waals surface area contributed by atoms with E-state index in [1.165, 1.54) is 0 Å². The van der Waals surface area contributed by atoms with Crippen molar-refractivity contribution in [1.82, 2.24) is 34.7 Å². The highest BCUT2D eigenvalue weighted by Gasteiger charge is 2.27. The Labute approximate surface area is 186 Å². The summed E-state index contributed by atoms with van der Waals surface area (Å²) in [6.07, 6.45) is 3.56. The average Bonchev–Trinajstić information content (AvgIpc) is 3.55. The van der Waals surface area contributed by atoms with Crippen LogP contribution in [0.1, 0.15) is 20.8 Å². The summed E-state index contributed by atoms with van der Waals surface area (Å²) in [5.74, 6) is 2.60. The molecule has 0 aromatic carbocycles. The van der Waals surface area contributed by atoms with Crippen LogP contribution in [0.4, 0.5) is 11.6 Å². The Morgan fingerprint density at radius 2 is 2.06 bits per heavy atom. The van der Waals surface area contributed by atoms with Crippen LogP contribution in [0.5, 0.6) is 0 Å². The number of aromatic amines is 1. The second-order valence-corrected chi connectivity index (χ2v) is 8.03. The Morgan fingerprint density at radius 3 is 2.72 bits per heavy atom. The van der Waals surface area contributed by atoms with Crippen molar-refractivity contribution in [2.24, 2.45) is 7.05 Å². The third kappa shape index (κ3) is 3.31. The fourth-order valence-electron chi connectivity index (χ4n) is 4.42. The first kappa shape index (κ1) is 20.5. The Morgan fingerprint density at radius 1 is 1.22 bits per heavy atom. The van der Waals surface area contributed by atoms with Crippen LogP contribution >= 0.6 is 0 Å². The molecular formula is C22H29N9O. The molecule has 32 heavy (non-hydrogen) atoms. The van der Waals surface area contributed by atoms with Gasteiger partial charge in [-0.1, -0.05) is 0 Å². The summed E-state index contributed by atoms with van der Waals surface area (Å²) >= 11 is 0. The summed E-state index contributed by atoms with van der Waals surface area (Å²) in [5.41, 5.74) is 2.89. The predicted molar refractivity (Wildman–Crippen MR) is 124 cm³/mol. The first-order valence-electron chi connectivity index (χ1n) is 11.1. The lowest BCUT2D eigenvalue weighted by Gasteiger charge is -2.34. The van der Waals surface area contributed by atoms with Crippen LogP contribution in [-0.4, -0.2) is 73.6 Å². The van der Waals surface area contributed by atoms with E-state index in [2.05, 4.69) is 51.9 Å². The zero-order valence-corrected chi connectivity index (χ0v) is 19.0. The minimum Gasteiger partial charge on any atom is -0.377 e. The van der Waals surface area contributed by atoms with E-state index >= 15 is 0 Å². The summed E-state index contributed by atoms with van der Waals surface area (Å²) in [7, 11) is 1.97. The lowest BCUT2D eigenvalue weighted by atomic mass is 10.1. The highest BCUT2D eigenvalue weighted by molar-refractivity contribution is 6.02. The minimum absolute atomic E-state index is 0.235. The lowest BCUT2D eigenvalue weighted by Crippen LogP contribution is -2.44. The molecule has 0 spiro atoms. The molecule has 0 saturated carbocycles. The van der Waals surface area contributed by atoms with Crippen LogP contribution in [0.3, 0.4) is 0 Å². The van der Waals surface area contributed by atoms with Crippen molar-refractivity contribution in [3.05, 3.63) is 30.6 Å². The number of pyridine rings is 1. The number of ether oxygens (including phenoxy) is 1. The molecule has 5 heterocycles. The second-order valence-electron chi connectivity index (χ2n) is 8.03. The van der Waals surface area contributed by atoms with Gasteiger partial charge in [0.1, 0.15) is 5.82 Å². The number of fused-ring (bicyclic) bond motifs is 1. The molecule has 1 N–H and O–H groups in total. The van der Waals surface area contributed by atoms with Crippen LogP contribution in [0.25, 0.3) is 28.1 Å². The molecule has 4 aromatic heterocycles. The largest absolute Gasteiger partial charge is 0.377 e. The van der Waals surface area contributed by atoms with Crippen molar-refractivity contribution in [1.29, 1.82) is 0 Å². The Kier molecular flexibility index (Phi) is 5.30. The molecule has 10 heteroatoms. The summed E-state index contributed by atoms with van der Waals surface area (Å²) < 4.78 is 9.44. The van der Waals surface area contributed by atoms with Gasteiger partial charge in [-0.2, -0.15) is 14.9 Å². The van der Waals surface area contributed by atoms with Gasteiger partial charge in [-0.15, -0.1) is 5.10 Å². The molecule has 1 atom stereocenters. The van der Waals surface area contributed by atoms with Crippen molar-refractivity contribution in [3.63, 3.8) is 0 Å². The van der Waals surface area contributed by atoms with Gasteiger partial charge in [0.15, 0.2) is 17.3 Å². The van der Waals surface area contributed by atoms with Crippen LogP contribution in [0.2, 0.25) is 0 Å². The van der Waals surface area contributed by atoms with Gasteiger partial charge in [-0.05, 0) is 32.9 Å². The molecule has 0 aliphatic carbocycles. The normalized spacial score (nSPS) is 16.8.